The first-order valence-electron chi connectivity index (χ1n) is 3.10. The molecule has 0 amide bonds. The van der Waals surface area contributed by atoms with Crippen LogP contribution in [0.25, 0.3) is 0 Å². The van der Waals surface area contributed by atoms with E-state index in [0.717, 1.165) is 18.6 Å². The highest BCUT2D eigenvalue weighted by Crippen LogP contribution is 2.26. The first kappa shape index (κ1) is 7.60. The lowest BCUT2D eigenvalue weighted by molar-refractivity contribution is -0.148. The standard InChI is InChI=1S/C6H8O3S/c7-5(6(8)9)4-2-1-3-10-4/h4H,1-3H2,(H,8,9). The highest BCUT2D eigenvalue weighted by molar-refractivity contribution is 8.00. The van der Waals surface area contributed by atoms with Crippen LogP contribution in [0.2, 0.25) is 0 Å². The minimum absolute atomic E-state index is 0.266. The van der Waals surface area contributed by atoms with Gasteiger partial charge >= 0.3 is 5.97 Å². The first-order chi connectivity index (χ1) is 4.72. The molecule has 3 nitrogen and oxygen atoms in total. The molecule has 1 N–H and O–H groups in total. The fraction of sp³-hybridized carbons (Fsp3) is 0.667. The van der Waals surface area contributed by atoms with Gasteiger partial charge < -0.3 is 5.11 Å². The van der Waals surface area contributed by atoms with Gasteiger partial charge in [-0.15, -0.1) is 11.8 Å². The minimum atomic E-state index is -1.29. The number of carbonyl (C=O) groups excluding carboxylic acids is 1. The summed E-state index contributed by atoms with van der Waals surface area (Å²) >= 11 is 1.45. The van der Waals surface area contributed by atoms with Crippen LogP contribution in [-0.4, -0.2) is 27.9 Å². The van der Waals surface area contributed by atoms with Crippen molar-refractivity contribution in [3.8, 4) is 0 Å². The Morgan fingerprint density at radius 3 is 2.60 bits per heavy atom. The number of aliphatic carboxylic acids is 1. The fourth-order valence-electron chi connectivity index (χ4n) is 0.922. The van der Waals surface area contributed by atoms with E-state index in [2.05, 4.69) is 0 Å². The second kappa shape index (κ2) is 3.05. The maximum absolute atomic E-state index is 10.7. The summed E-state index contributed by atoms with van der Waals surface area (Å²) in [5.41, 5.74) is 0. The Hall–Kier alpha value is -0.510. The smallest absolute Gasteiger partial charge is 0.373 e. The molecule has 0 aromatic carbocycles. The number of hydrogen-bond acceptors (Lipinski definition) is 3. The number of rotatable bonds is 2. The fourth-order valence-corrected chi connectivity index (χ4v) is 2.13. The summed E-state index contributed by atoms with van der Waals surface area (Å²) in [6.07, 6.45) is 1.70. The van der Waals surface area contributed by atoms with E-state index in [4.69, 9.17) is 5.11 Å². The van der Waals surface area contributed by atoms with Crippen molar-refractivity contribution < 1.29 is 14.7 Å². The highest BCUT2D eigenvalue weighted by Gasteiger charge is 2.27. The quantitative estimate of drug-likeness (QED) is 0.599. The van der Waals surface area contributed by atoms with Gasteiger partial charge in [0.25, 0.3) is 5.78 Å². The monoisotopic (exact) mass is 160 g/mol. The second-order valence-corrected chi connectivity index (χ2v) is 3.48. The molecule has 0 saturated carbocycles. The van der Waals surface area contributed by atoms with Crippen molar-refractivity contribution in [3.63, 3.8) is 0 Å². The molecule has 1 saturated heterocycles. The van der Waals surface area contributed by atoms with E-state index in [-0.39, 0.29) is 5.25 Å². The molecular formula is C6H8O3S. The van der Waals surface area contributed by atoms with Crippen LogP contribution in [0.1, 0.15) is 12.8 Å². The third-order valence-corrected chi connectivity index (χ3v) is 2.81. The van der Waals surface area contributed by atoms with Crippen molar-refractivity contribution in [1.29, 1.82) is 0 Å². The lowest BCUT2D eigenvalue weighted by atomic mass is 10.2. The number of ketones is 1. The second-order valence-electron chi connectivity index (χ2n) is 2.17. The zero-order valence-electron chi connectivity index (χ0n) is 5.37. The van der Waals surface area contributed by atoms with Gasteiger partial charge in [-0.05, 0) is 18.6 Å². The molecular weight excluding hydrogens is 152 g/mol. The maximum atomic E-state index is 10.7. The Kier molecular flexibility index (Phi) is 2.32. The van der Waals surface area contributed by atoms with Gasteiger partial charge in [-0.2, -0.15) is 0 Å². The molecule has 1 atom stereocenters. The molecule has 0 spiro atoms. The van der Waals surface area contributed by atoms with Crippen molar-refractivity contribution in [2.24, 2.45) is 0 Å². The van der Waals surface area contributed by atoms with Crippen LogP contribution in [0.15, 0.2) is 0 Å². The van der Waals surface area contributed by atoms with Crippen LogP contribution in [0, 0.1) is 0 Å². The number of carbonyl (C=O) groups is 2. The van der Waals surface area contributed by atoms with Gasteiger partial charge in [-0.3, -0.25) is 4.79 Å². The molecule has 1 aliphatic rings. The van der Waals surface area contributed by atoms with Gasteiger partial charge in [0.2, 0.25) is 0 Å². The Bertz CT molecular complexity index is 160. The summed E-state index contributed by atoms with van der Waals surface area (Å²) in [6.45, 7) is 0. The predicted octanol–water partition coefficient (Wildman–Crippen LogP) is 0.536. The Morgan fingerprint density at radius 1 is 1.50 bits per heavy atom. The van der Waals surface area contributed by atoms with Gasteiger partial charge in [0, 0.05) is 0 Å². The van der Waals surface area contributed by atoms with Crippen molar-refractivity contribution in [3.05, 3.63) is 0 Å². The van der Waals surface area contributed by atoms with Gasteiger partial charge in [-0.25, -0.2) is 4.79 Å². The number of carboxylic acids is 1. The van der Waals surface area contributed by atoms with E-state index >= 15 is 0 Å². The van der Waals surface area contributed by atoms with Crippen molar-refractivity contribution >= 4 is 23.5 Å². The highest BCUT2D eigenvalue weighted by atomic mass is 32.2. The molecule has 0 aromatic rings. The summed E-state index contributed by atoms with van der Waals surface area (Å²) in [5, 5.41) is 8.01. The van der Waals surface area contributed by atoms with E-state index in [1.165, 1.54) is 11.8 Å². The van der Waals surface area contributed by atoms with Gasteiger partial charge in [0.05, 0.1) is 5.25 Å². The average molecular weight is 160 g/mol. The molecule has 4 heteroatoms. The number of hydrogen-bond donors (Lipinski definition) is 1. The zero-order valence-corrected chi connectivity index (χ0v) is 6.19. The SMILES string of the molecule is O=C(O)C(=O)C1CCCS1. The van der Waals surface area contributed by atoms with E-state index in [9.17, 15) is 9.59 Å². The number of Topliss-reactive ketones (excluding diaryl/α,β-unsaturated/α-hetero) is 1. The van der Waals surface area contributed by atoms with Crippen LogP contribution in [-0.2, 0) is 9.59 Å². The van der Waals surface area contributed by atoms with E-state index in [0.29, 0.717) is 0 Å². The van der Waals surface area contributed by atoms with Gasteiger partial charge in [0.15, 0.2) is 0 Å². The molecule has 0 bridgehead atoms. The molecule has 56 valence electrons. The summed E-state index contributed by atoms with van der Waals surface area (Å²) in [7, 11) is 0. The summed E-state index contributed by atoms with van der Waals surface area (Å²) in [5.74, 6) is -1.01. The van der Waals surface area contributed by atoms with E-state index in [1.54, 1.807) is 0 Å². The Morgan fingerprint density at radius 2 is 2.20 bits per heavy atom. The third-order valence-electron chi connectivity index (χ3n) is 1.43. The largest absolute Gasteiger partial charge is 0.475 e. The van der Waals surface area contributed by atoms with E-state index < -0.39 is 11.8 Å². The summed E-state index contributed by atoms with van der Waals surface area (Å²) < 4.78 is 0. The van der Waals surface area contributed by atoms with Gasteiger partial charge in [-0.1, -0.05) is 0 Å². The van der Waals surface area contributed by atoms with E-state index in [1.807, 2.05) is 0 Å². The van der Waals surface area contributed by atoms with Crippen molar-refractivity contribution in [2.75, 3.05) is 5.75 Å². The molecule has 1 fully saturated rings. The van der Waals surface area contributed by atoms with Crippen LogP contribution in [0.5, 0.6) is 0 Å². The number of thioether (sulfide) groups is 1. The topological polar surface area (TPSA) is 54.4 Å². The van der Waals surface area contributed by atoms with Crippen LogP contribution in [0.4, 0.5) is 0 Å². The van der Waals surface area contributed by atoms with Gasteiger partial charge in [0.1, 0.15) is 0 Å². The molecule has 1 aliphatic heterocycles. The number of carboxylic acid groups (broad SMARTS) is 1. The Balaban J connectivity index is 2.48. The molecule has 1 rings (SSSR count). The van der Waals surface area contributed by atoms with Crippen LogP contribution >= 0.6 is 11.8 Å². The first-order valence-corrected chi connectivity index (χ1v) is 4.15. The molecule has 10 heavy (non-hydrogen) atoms. The predicted molar refractivity (Wildman–Crippen MR) is 38.1 cm³/mol. The molecule has 0 aliphatic carbocycles. The molecule has 0 radical (unpaired) electrons. The zero-order chi connectivity index (χ0) is 7.56. The normalized spacial score (nSPS) is 24.6. The third kappa shape index (κ3) is 1.50. The molecule has 0 aromatic heterocycles. The molecule has 1 heterocycles. The minimum Gasteiger partial charge on any atom is -0.475 e. The maximum Gasteiger partial charge on any atom is 0.373 e. The summed E-state index contributed by atoms with van der Waals surface area (Å²) in [4.78, 5) is 20.8. The van der Waals surface area contributed by atoms with Crippen molar-refractivity contribution in [2.45, 2.75) is 18.1 Å². The average Bonchev–Trinajstić information content (AvgIpc) is 2.36. The molecule has 1 unspecified atom stereocenters. The lowest BCUT2D eigenvalue weighted by Crippen LogP contribution is -2.23. The summed E-state index contributed by atoms with van der Waals surface area (Å²) in [6, 6.07) is 0. The van der Waals surface area contributed by atoms with Crippen LogP contribution < -0.4 is 0 Å². The van der Waals surface area contributed by atoms with Crippen molar-refractivity contribution in [1.82, 2.24) is 0 Å². The van der Waals surface area contributed by atoms with Crippen LogP contribution in [0.3, 0.4) is 0 Å². The Labute approximate surface area is 62.8 Å². The lowest BCUT2D eigenvalue weighted by Gasteiger charge is -2.00.